The van der Waals surface area contributed by atoms with Gasteiger partial charge in [0.05, 0.1) is 13.2 Å². The van der Waals surface area contributed by atoms with Gasteiger partial charge in [-0.2, -0.15) is 0 Å². The molecular weight excluding hydrogens is 438 g/mol. The van der Waals surface area contributed by atoms with Crippen LogP contribution in [0.5, 0.6) is 0 Å². The Hall–Kier alpha value is -3.70. The van der Waals surface area contributed by atoms with Crippen molar-refractivity contribution in [1.29, 1.82) is 0 Å². The maximum atomic E-state index is 13.6. The van der Waals surface area contributed by atoms with Crippen LogP contribution in [-0.4, -0.2) is 22.1 Å². The third-order valence-corrected chi connectivity index (χ3v) is 6.59. The Balaban J connectivity index is 1.59. The van der Waals surface area contributed by atoms with Gasteiger partial charge in [0.2, 0.25) is 5.91 Å². The van der Waals surface area contributed by atoms with Crippen LogP contribution >= 0.6 is 0 Å². The number of carboxylic acids is 1. The zero-order chi connectivity index (χ0) is 24.6. The molecule has 5 heteroatoms. The van der Waals surface area contributed by atoms with Gasteiger partial charge >= 0.3 is 5.97 Å². The number of rotatable bonds is 8. The number of aliphatic hydroxyl groups excluding tert-OH is 1. The van der Waals surface area contributed by atoms with E-state index in [0.29, 0.717) is 6.54 Å². The van der Waals surface area contributed by atoms with Crippen molar-refractivity contribution in [2.75, 3.05) is 4.90 Å². The van der Waals surface area contributed by atoms with Gasteiger partial charge in [-0.05, 0) is 58.9 Å². The number of carboxylic acid groups (broad SMARTS) is 1. The number of hydrogen-bond acceptors (Lipinski definition) is 3. The van der Waals surface area contributed by atoms with Crippen molar-refractivity contribution in [3.05, 3.63) is 95.6 Å². The summed E-state index contributed by atoms with van der Waals surface area (Å²) in [5.74, 6) is -0.851. The molecule has 1 aliphatic carbocycles. The fraction of sp³-hybridized carbons (Fsp3) is 0.267. The van der Waals surface area contributed by atoms with Gasteiger partial charge < -0.3 is 15.1 Å². The summed E-state index contributed by atoms with van der Waals surface area (Å²) in [5.41, 5.74) is 5.56. The molecule has 5 nitrogen and oxygen atoms in total. The molecule has 2 N–H and O–H groups in total. The molecule has 0 radical (unpaired) electrons. The third kappa shape index (κ3) is 6.46. The van der Waals surface area contributed by atoms with Crippen LogP contribution < -0.4 is 4.90 Å². The van der Waals surface area contributed by atoms with E-state index in [1.807, 2.05) is 65.6 Å². The molecule has 1 aliphatic rings. The van der Waals surface area contributed by atoms with Crippen LogP contribution in [-0.2, 0) is 22.7 Å². The number of carbonyl (C=O) groups excluding carboxylic acids is 1. The first-order valence-corrected chi connectivity index (χ1v) is 12.1. The molecule has 0 bridgehead atoms. The Morgan fingerprint density at radius 2 is 1.49 bits per heavy atom. The van der Waals surface area contributed by atoms with Crippen molar-refractivity contribution in [3.63, 3.8) is 0 Å². The Labute approximate surface area is 206 Å². The van der Waals surface area contributed by atoms with E-state index in [2.05, 4.69) is 12.1 Å². The largest absolute Gasteiger partial charge is 0.478 e. The molecule has 0 saturated heterocycles. The van der Waals surface area contributed by atoms with Gasteiger partial charge in [0, 0.05) is 17.7 Å². The molecule has 3 aromatic rings. The first-order valence-electron chi connectivity index (χ1n) is 12.1. The minimum atomic E-state index is -1.00. The molecule has 0 heterocycles. The average molecular weight is 470 g/mol. The second kappa shape index (κ2) is 11.6. The van der Waals surface area contributed by atoms with Gasteiger partial charge in [0.15, 0.2) is 0 Å². The van der Waals surface area contributed by atoms with Crippen LogP contribution in [0.3, 0.4) is 0 Å². The van der Waals surface area contributed by atoms with Crippen molar-refractivity contribution in [2.45, 2.75) is 45.3 Å². The summed E-state index contributed by atoms with van der Waals surface area (Å²) in [4.78, 5) is 26.4. The Morgan fingerprint density at radius 3 is 2.09 bits per heavy atom. The van der Waals surface area contributed by atoms with Gasteiger partial charge in [-0.1, -0.05) is 79.9 Å². The summed E-state index contributed by atoms with van der Waals surface area (Å²) in [5, 5.41) is 18.2. The van der Waals surface area contributed by atoms with Crippen molar-refractivity contribution >= 4 is 23.6 Å². The topological polar surface area (TPSA) is 77.8 Å². The van der Waals surface area contributed by atoms with Gasteiger partial charge in [-0.15, -0.1) is 0 Å². The predicted molar refractivity (Wildman–Crippen MR) is 139 cm³/mol. The highest BCUT2D eigenvalue weighted by molar-refractivity contribution is 5.95. The SMILES string of the molecule is O=C(O)C=Cc1cccc(N(Cc2ccc(-c3ccc(CO)cc3)cc2)C(=O)C2CCCCC2)c1. The van der Waals surface area contributed by atoms with E-state index in [4.69, 9.17) is 5.11 Å². The van der Waals surface area contributed by atoms with Gasteiger partial charge in [0.25, 0.3) is 0 Å². The Morgan fingerprint density at radius 1 is 0.857 bits per heavy atom. The summed E-state index contributed by atoms with van der Waals surface area (Å²) in [6.45, 7) is 0.475. The molecule has 0 spiro atoms. The van der Waals surface area contributed by atoms with Gasteiger partial charge in [0.1, 0.15) is 0 Å². The van der Waals surface area contributed by atoms with Crippen molar-refractivity contribution < 1.29 is 19.8 Å². The number of aliphatic carboxylic acids is 1. The van der Waals surface area contributed by atoms with E-state index in [-0.39, 0.29) is 18.4 Å². The minimum absolute atomic E-state index is 0.0197. The quantitative estimate of drug-likeness (QED) is 0.393. The fourth-order valence-corrected chi connectivity index (χ4v) is 4.62. The molecule has 1 fully saturated rings. The van der Waals surface area contributed by atoms with Gasteiger partial charge in [-0.3, -0.25) is 4.79 Å². The predicted octanol–water partition coefficient (Wildman–Crippen LogP) is 6.06. The highest BCUT2D eigenvalue weighted by atomic mass is 16.4. The molecule has 1 amide bonds. The van der Waals surface area contributed by atoms with Crippen molar-refractivity contribution in [3.8, 4) is 11.1 Å². The van der Waals surface area contributed by atoms with E-state index < -0.39 is 5.97 Å². The molecule has 180 valence electrons. The number of benzene rings is 3. The van der Waals surface area contributed by atoms with Crippen LogP contribution in [0.15, 0.2) is 78.9 Å². The van der Waals surface area contributed by atoms with E-state index in [1.165, 1.54) is 6.42 Å². The lowest BCUT2D eigenvalue weighted by molar-refractivity contribution is -0.131. The monoisotopic (exact) mass is 469 g/mol. The van der Waals surface area contributed by atoms with Crippen molar-refractivity contribution in [1.82, 2.24) is 0 Å². The van der Waals surface area contributed by atoms with Crippen LogP contribution in [0, 0.1) is 5.92 Å². The zero-order valence-electron chi connectivity index (χ0n) is 19.8. The van der Waals surface area contributed by atoms with Crippen LogP contribution in [0.1, 0.15) is 48.8 Å². The van der Waals surface area contributed by atoms with Crippen LogP contribution in [0.25, 0.3) is 17.2 Å². The molecule has 35 heavy (non-hydrogen) atoms. The molecule has 0 atom stereocenters. The van der Waals surface area contributed by atoms with Crippen LogP contribution in [0.2, 0.25) is 0 Å². The molecule has 0 unspecified atom stereocenters. The standard InChI is InChI=1S/C30H31NO4/c32-21-24-11-16-26(17-12-24)25-14-9-23(10-15-25)20-31(30(35)27-6-2-1-3-7-27)28-8-4-5-22(19-28)13-18-29(33)34/h4-5,8-19,27,32H,1-3,6-7,20-21H2,(H,33,34). The molecular formula is C30H31NO4. The van der Waals surface area contributed by atoms with E-state index in [0.717, 1.165) is 65.3 Å². The van der Waals surface area contributed by atoms with E-state index >= 15 is 0 Å². The fourth-order valence-electron chi connectivity index (χ4n) is 4.62. The highest BCUT2D eigenvalue weighted by Crippen LogP contribution is 2.30. The number of hydrogen-bond donors (Lipinski definition) is 2. The summed E-state index contributed by atoms with van der Waals surface area (Å²) >= 11 is 0. The molecule has 0 aliphatic heterocycles. The number of amides is 1. The lowest BCUT2D eigenvalue weighted by atomic mass is 9.88. The smallest absolute Gasteiger partial charge is 0.328 e. The van der Waals surface area contributed by atoms with Crippen molar-refractivity contribution in [2.24, 2.45) is 5.92 Å². The third-order valence-electron chi connectivity index (χ3n) is 6.59. The Bertz CT molecular complexity index is 1180. The average Bonchev–Trinajstić information content (AvgIpc) is 2.91. The lowest BCUT2D eigenvalue weighted by Gasteiger charge is -2.30. The number of anilines is 1. The van der Waals surface area contributed by atoms with E-state index in [1.54, 1.807) is 6.08 Å². The number of nitrogens with zero attached hydrogens (tertiary/aromatic N) is 1. The van der Waals surface area contributed by atoms with Gasteiger partial charge in [-0.25, -0.2) is 4.79 Å². The zero-order valence-corrected chi connectivity index (χ0v) is 19.8. The second-order valence-corrected chi connectivity index (χ2v) is 9.08. The van der Waals surface area contributed by atoms with E-state index in [9.17, 15) is 14.7 Å². The number of aliphatic hydroxyl groups is 1. The molecule has 1 saturated carbocycles. The lowest BCUT2D eigenvalue weighted by Crippen LogP contribution is -2.36. The maximum absolute atomic E-state index is 13.6. The normalized spacial score (nSPS) is 14.2. The first-order chi connectivity index (χ1) is 17.0. The molecule has 4 rings (SSSR count). The number of carbonyl (C=O) groups is 2. The molecule has 0 aromatic heterocycles. The highest BCUT2D eigenvalue weighted by Gasteiger charge is 2.27. The summed E-state index contributed by atoms with van der Waals surface area (Å²) in [6.07, 6.45) is 7.82. The second-order valence-electron chi connectivity index (χ2n) is 9.08. The van der Waals surface area contributed by atoms with Crippen LogP contribution in [0.4, 0.5) is 5.69 Å². The Kier molecular flexibility index (Phi) is 8.11. The summed E-state index contributed by atoms with van der Waals surface area (Å²) in [6, 6.07) is 23.5. The first kappa shape index (κ1) is 24.4. The summed E-state index contributed by atoms with van der Waals surface area (Å²) < 4.78 is 0. The minimum Gasteiger partial charge on any atom is -0.478 e. The molecule has 3 aromatic carbocycles. The summed E-state index contributed by atoms with van der Waals surface area (Å²) in [7, 11) is 0. The maximum Gasteiger partial charge on any atom is 0.328 e.